The molecule has 4 aromatic rings. The van der Waals surface area contributed by atoms with Crippen LogP contribution in [0.1, 0.15) is 22.1 Å². The molecule has 1 N–H and O–H groups in total. The van der Waals surface area contributed by atoms with Crippen LogP contribution >= 0.6 is 24.0 Å². The van der Waals surface area contributed by atoms with Crippen molar-refractivity contribution in [2.24, 2.45) is 0 Å². The molecule has 0 saturated carbocycles. The molecule has 0 radical (unpaired) electrons. The lowest BCUT2D eigenvalue weighted by Crippen LogP contribution is -2.24. The van der Waals surface area contributed by atoms with Crippen LogP contribution in [0.15, 0.2) is 84.4 Å². The Kier molecular flexibility index (Phi) is 3.62. The Bertz CT molecular complexity index is 1260. The van der Waals surface area contributed by atoms with Crippen LogP contribution in [0.4, 0.5) is 0 Å². The van der Waals surface area contributed by atoms with Crippen molar-refractivity contribution in [2.45, 2.75) is 11.8 Å². The molecule has 6 rings (SSSR count). The summed E-state index contributed by atoms with van der Waals surface area (Å²) in [4.78, 5) is 0. The predicted molar refractivity (Wildman–Crippen MR) is 125 cm³/mol. The third-order valence-corrected chi connectivity index (χ3v) is 7.36. The van der Waals surface area contributed by atoms with Gasteiger partial charge in [-0.3, -0.25) is 0 Å². The van der Waals surface area contributed by atoms with Crippen LogP contribution in [0, 0.1) is 0 Å². The van der Waals surface area contributed by atoms with Crippen molar-refractivity contribution >= 4 is 55.4 Å². The van der Waals surface area contributed by atoms with Crippen LogP contribution in [0.2, 0.25) is 0 Å². The van der Waals surface area contributed by atoms with E-state index >= 15 is 0 Å². The zero-order valence-corrected chi connectivity index (χ0v) is 16.7. The molecular weight excluding hydrogens is 378 g/mol. The third kappa shape index (κ3) is 2.36. The molecule has 2 aliphatic rings. The molecule has 1 aliphatic carbocycles. The summed E-state index contributed by atoms with van der Waals surface area (Å²) in [7, 11) is 0. The normalized spacial score (nSPS) is 18.3. The van der Waals surface area contributed by atoms with E-state index in [4.69, 9.17) is 12.2 Å². The maximum Gasteiger partial charge on any atom is 0.105 e. The molecule has 0 bridgehead atoms. The number of fused-ring (bicyclic) bond motifs is 4. The van der Waals surface area contributed by atoms with Crippen molar-refractivity contribution in [3.8, 4) is 0 Å². The molecule has 1 atom stereocenters. The minimum atomic E-state index is 0.105. The van der Waals surface area contributed by atoms with Crippen molar-refractivity contribution in [3.63, 3.8) is 0 Å². The molecule has 3 heteroatoms. The average molecular weight is 396 g/mol. The predicted octanol–water partition coefficient (Wildman–Crippen LogP) is 6.62. The van der Waals surface area contributed by atoms with Gasteiger partial charge in [-0.15, -0.1) is 0 Å². The number of hydrogen-bond donors (Lipinski definition) is 1. The molecule has 0 fully saturated rings. The van der Waals surface area contributed by atoms with Gasteiger partial charge in [0.1, 0.15) is 5.37 Å². The second-order valence-corrected chi connectivity index (χ2v) is 9.13. The highest BCUT2D eigenvalue weighted by Gasteiger charge is 2.33. The lowest BCUT2D eigenvalue weighted by molar-refractivity contribution is 0.877. The van der Waals surface area contributed by atoms with E-state index < -0.39 is 0 Å². The highest BCUT2D eigenvalue weighted by molar-refractivity contribution is 8.23. The first-order valence-electron chi connectivity index (χ1n) is 9.49. The van der Waals surface area contributed by atoms with E-state index in [1.54, 1.807) is 11.8 Å². The Morgan fingerprint density at radius 1 is 0.821 bits per heavy atom. The summed E-state index contributed by atoms with van der Waals surface area (Å²) in [6.07, 6.45) is 0.938. The molecule has 28 heavy (non-hydrogen) atoms. The van der Waals surface area contributed by atoms with E-state index in [0.29, 0.717) is 0 Å². The van der Waals surface area contributed by atoms with Gasteiger partial charge in [-0.05, 0) is 33.2 Å². The SMILES string of the molecule is S=C1SC(c2c3ccccc3cc3ccccc23)NC2=C1Cc1ccccc12. The Morgan fingerprint density at radius 2 is 1.46 bits per heavy atom. The van der Waals surface area contributed by atoms with Gasteiger partial charge in [0.25, 0.3) is 0 Å². The van der Waals surface area contributed by atoms with E-state index in [1.807, 2.05) is 0 Å². The van der Waals surface area contributed by atoms with Crippen molar-refractivity contribution < 1.29 is 0 Å². The van der Waals surface area contributed by atoms with Crippen LogP contribution in [0.25, 0.3) is 27.2 Å². The lowest BCUT2D eigenvalue weighted by atomic mass is 9.96. The molecule has 0 amide bonds. The lowest BCUT2D eigenvalue weighted by Gasteiger charge is -2.29. The number of benzene rings is 4. The van der Waals surface area contributed by atoms with Gasteiger partial charge < -0.3 is 5.32 Å². The zero-order valence-electron chi connectivity index (χ0n) is 15.1. The van der Waals surface area contributed by atoms with Gasteiger partial charge in [0.2, 0.25) is 0 Å². The second kappa shape index (κ2) is 6.20. The number of nitrogens with one attached hydrogen (secondary N) is 1. The summed E-state index contributed by atoms with van der Waals surface area (Å²) in [5.74, 6) is 0. The van der Waals surface area contributed by atoms with E-state index in [1.165, 1.54) is 49.5 Å². The fourth-order valence-electron chi connectivity index (χ4n) is 4.50. The Balaban J connectivity index is 1.58. The summed E-state index contributed by atoms with van der Waals surface area (Å²) in [6.45, 7) is 0. The third-order valence-electron chi connectivity index (χ3n) is 5.78. The van der Waals surface area contributed by atoms with Crippen molar-refractivity contribution in [1.29, 1.82) is 0 Å². The minimum Gasteiger partial charge on any atom is -0.368 e. The van der Waals surface area contributed by atoms with Crippen LogP contribution in [0.3, 0.4) is 0 Å². The highest BCUT2D eigenvalue weighted by Crippen LogP contribution is 2.47. The minimum absolute atomic E-state index is 0.105. The van der Waals surface area contributed by atoms with Gasteiger partial charge in [0.15, 0.2) is 0 Å². The molecule has 0 spiro atoms. The Hall–Kier alpha value is -2.62. The molecule has 1 nitrogen and oxygen atoms in total. The van der Waals surface area contributed by atoms with Crippen LogP contribution in [-0.2, 0) is 6.42 Å². The maximum absolute atomic E-state index is 5.88. The topological polar surface area (TPSA) is 12.0 Å². The quantitative estimate of drug-likeness (QED) is 0.287. The van der Waals surface area contributed by atoms with Gasteiger partial charge >= 0.3 is 0 Å². The second-order valence-electron chi connectivity index (χ2n) is 7.35. The van der Waals surface area contributed by atoms with Gasteiger partial charge in [0, 0.05) is 28.8 Å². The summed E-state index contributed by atoms with van der Waals surface area (Å²) >= 11 is 7.66. The molecule has 1 heterocycles. The molecule has 0 aromatic heterocycles. The van der Waals surface area contributed by atoms with Crippen molar-refractivity contribution in [2.75, 3.05) is 0 Å². The fourth-order valence-corrected chi connectivity index (χ4v) is 6.04. The van der Waals surface area contributed by atoms with Crippen molar-refractivity contribution in [3.05, 3.63) is 101 Å². The molecule has 0 saturated heterocycles. The summed E-state index contributed by atoms with van der Waals surface area (Å²) in [5, 5.41) is 9.10. The first-order chi connectivity index (χ1) is 13.8. The van der Waals surface area contributed by atoms with E-state index in [-0.39, 0.29) is 5.37 Å². The molecule has 1 aliphatic heterocycles. The number of thiocarbonyl (C=S) groups is 1. The summed E-state index contributed by atoms with van der Waals surface area (Å²) in [5.41, 5.74) is 6.50. The monoisotopic (exact) mass is 395 g/mol. The van der Waals surface area contributed by atoms with Crippen LogP contribution in [-0.4, -0.2) is 4.20 Å². The Morgan fingerprint density at radius 3 is 2.21 bits per heavy atom. The number of rotatable bonds is 1. The molecule has 134 valence electrons. The van der Waals surface area contributed by atoms with E-state index in [9.17, 15) is 0 Å². The van der Waals surface area contributed by atoms with Gasteiger partial charge in [0.05, 0.1) is 4.20 Å². The van der Waals surface area contributed by atoms with E-state index in [2.05, 4.69) is 84.2 Å². The van der Waals surface area contributed by atoms with Crippen LogP contribution in [0.5, 0.6) is 0 Å². The molecule has 4 aromatic carbocycles. The van der Waals surface area contributed by atoms with Crippen molar-refractivity contribution in [1.82, 2.24) is 5.32 Å². The standard InChI is InChI=1S/C25H17NS2/c27-25-21-14-17-9-3-6-12-20(17)23(21)26-24(28-25)22-18-10-4-1-7-15(18)13-16-8-2-5-11-19(16)22/h1-13,24,26H,14H2. The Labute approximate surface area is 173 Å². The van der Waals surface area contributed by atoms with Gasteiger partial charge in [-0.1, -0.05) is 96.8 Å². The number of thioether (sulfide) groups is 1. The fraction of sp³-hybridized carbons (Fsp3) is 0.0800. The largest absolute Gasteiger partial charge is 0.368 e. The number of hydrogen-bond acceptors (Lipinski definition) is 3. The van der Waals surface area contributed by atoms with E-state index in [0.717, 1.165) is 10.6 Å². The van der Waals surface area contributed by atoms with Gasteiger partial charge in [-0.25, -0.2) is 0 Å². The zero-order chi connectivity index (χ0) is 18.7. The first-order valence-corrected chi connectivity index (χ1v) is 10.8. The van der Waals surface area contributed by atoms with Crippen LogP contribution < -0.4 is 5.32 Å². The first kappa shape index (κ1) is 16.3. The summed E-state index contributed by atoms with van der Waals surface area (Å²) in [6, 6.07) is 28.3. The average Bonchev–Trinajstić information content (AvgIpc) is 3.11. The maximum atomic E-state index is 5.88. The van der Waals surface area contributed by atoms with Gasteiger partial charge in [-0.2, -0.15) is 0 Å². The summed E-state index contributed by atoms with van der Waals surface area (Å²) < 4.78 is 1.02. The molecule has 1 unspecified atom stereocenters. The smallest absolute Gasteiger partial charge is 0.105 e. The molecular formula is C25H17NS2. The highest BCUT2D eigenvalue weighted by atomic mass is 32.2.